The number of rotatable bonds is 4. The second kappa shape index (κ2) is 6.24. The van der Waals surface area contributed by atoms with E-state index in [9.17, 15) is 4.79 Å². The van der Waals surface area contributed by atoms with Crippen molar-refractivity contribution in [1.82, 2.24) is 4.90 Å². The van der Waals surface area contributed by atoms with E-state index >= 15 is 0 Å². The van der Waals surface area contributed by atoms with Gasteiger partial charge in [-0.15, -0.1) is 0 Å². The number of hydrogen-bond acceptors (Lipinski definition) is 2. The maximum absolute atomic E-state index is 12.2. The summed E-state index contributed by atoms with van der Waals surface area (Å²) in [5, 5.41) is 0. The second-order valence-electron chi connectivity index (χ2n) is 5.17. The van der Waals surface area contributed by atoms with E-state index in [0.29, 0.717) is 17.9 Å². The normalized spacial score (nSPS) is 27.5. The van der Waals surface area contributed by atoms with E-state index in [1.807, 2.05) is 11.9 Å². The molecule has 0 aromatic carbocycles. The number of nitrogens with zero attached hydrogens (tertiary/aromatic N) is 1. The van der Waals surface area contributed by atoms with E-state index in [4.69, 9.17) is 5.73 Å². The lowest BCUT2D eigenvalue weighted by Crippen LogP contribution is -2.41. The van der Waals surface area contributed by atoms with Crippen molar-refractivity contribution in [3.63, 3.8) is 0 Å². The van der Waals surface area contributed by atoms with Gasteiger partial charge in [-0.25, -0.2) is 0 Å². The van der Waals surface area contributed by atoms with Crippen LogP contribution in [0.2, 0.25) is 0 Å². The maximum atomic E-state index is 12.2. The Bertz CT molecular complexity index is 230. The molecule has 0 aromatic rings. The Hall–Kier alpha value is -0.570. The molecule has 0 saturated heterocycles. The Balaban J connectivity index is 2.52. The molecule has 3 nitrogen and oxygen atoms in total. The van der Waals surface area contributed by atoms with Crippen LogP contribution in [0.5, 0.6) is 0 Å². The van der Waals surface area contributed by atoms with Crippen molar-refractivity contribution in [3.8, 4) is 0 Å². The van der Waals surface area contributed by atoms with Crippen LogP contribution in [-0.4, -0.2) is 30.4 Å². The first-order chi connectivity index (χ1) is 7.60. The van der Waals surface area contributed by atoms with Crippen molar-refractivity contribution < 1.29 is 4.79 Å². The van der Waals surface area contributed by atoms with Crippen LogP contribution in [0.25, 0.3) is 0 Å². The minimum Gasteiger partial charge on any atom is -0.343 e. The van der Waals surface area contributed by atoms with Crippen molar-refractivity contribution in [3.05, 3.63) is 0 Å². The molecular weight excluding hydrogens is 200 g/mol. The lowest BCUT2D eigenvalue weighted by Gasteiger charge is -2.33. The molecule has 1 rings (SSSR count). The highest BCUT2D eigenvalue weighted by Crippen LogP contribution is 2.29. The number of amides is 1. The summed E-state index contributed by atoms with van der Waals surface area (Å²) in [5.74, 6) is 1.11. The van der Waals surface area contributed by atoms with E-state index in [1.165, 1.54) is 6.42 Å². The first kappa shape index (κ1) is 13.5. The van der Waals surface area contributed by atoms with Gasteiger partial charge < -0.3 is 10.6 Å². The molecule has 0 spiro atoms. The van der Waals surface area contributed by atoms with Crippen molar-refractivity contribution >= 4 is 5.91 Å². The van der Waals surface area contributed by atoms with Crippen LogP contribution in [0, 0.1) is 11.8 Å². The molecule has 1 aliphatic rings. The van der Waals surface area contributed by atoms with Gasteiger partial charge in [0.2, 0.25) is 5.91 Å². The molecular formula is C13H26N2O. The van der Waals surface area contributed by atoms with Crippen LogP contribution in [0.15, 0.2) is 0 Å². The number of carbonyl (C=O) groups is 1. The Labute approximate surface area is 99.4 Å². The van der Waals surface area contributed by atoms with Gasteiger partial charge in [0.25, 0.3) is 0 Å². The van der Waals surface area contributed by atoms with Gasteiger partial charge in [0.1, 0.15) is 0 Å². The predicted octanol–water partition coefficient (Wildman–Crippen LogP) is 2.01. The van der Waals surface area contributed by atoms with Crippen LogP contribution < -0.4 is 5.73 Å². The SMILES string of the molecule is CCC(C)N(C)C(=O)C1CCCC(CN)C1. The van der Waals surface area contributed by atoms with E-state index in [2.05, 4.69) is 13.8 Å². The molecule has 1 fully saturated rings. The third-order valence-electron chi connectivity index (χ3n) is 4.06. The molecule has 0 heterocycles. The lowest BCUT2D eigenvalue weighted by molar-refractivity contribution is -0.137. The smallest absolute Gasteiger partial charge is 0.225 e. The molecule has 3 unspecified atom stereocenters. The lowest BCUT2D eigenvalue weighted by atomic mass is 9.80. The highest BCUT2D eigenvalue weighted by atomic mass is 16.2. The number of carbonyl (C=O) groups excluding carboxylic acids is 1. The van der Waals surface area contributed by atoms with E-state index in [1.54, 1.807) is 0 Å². The quantitative estimate of drug-likeness (QED) is 0.797. The summed E-state index contributed by atoms with van der Waals surface area (Å²) in [6, 6.07) is 0.353. The van der Waals surface area contributed by atoms with Crippen molar-refractivity contribution in [2.45, 2.75) is 52.0 Å². The Morgan fingerprint density at radius 1 is 1.50 bits per heavy atom. The number of nitrogens with two attached hydrogens (primary N) is 1. The molecule has 3 atom stereocenters. The van der Waals surface area contributed by atoms with E-state index in [-0.39, 0.29) is 5.92 Å². The van der Waals surface area contributed by atoms with Crippen LogP contribution in [0.3, 0.4) is 0 Å². The zero-order valence-corrected chi connectivity index (χ0v) is 10.9. The zero-order valence-electron chi connectivity index (χ0n) is 10.9. The third kappa shape index (κ3) is 3.21. The second-order valence-corrected chi connectivity index (χ2v) is 5.17. The standard InChI is InChI=1S/C13H26N2O/c1-4-10(2)15(3)13(16)12-7-5-6-11(8-12)9-14/h10-12H,4-9,14H2,1-3H3. The van der Waals surface area contributed by atoms with Gasteiger partial charge in [-0.3, -0.25) is 4.79 Å². The third-order valence-corrected chi connectivity index (χ3v) is 4.06. The van der Waals surface area contributed by atoms with Gasteiger partial charge in [0, 0.05) is 19.0 Å². The molecule has 16 heavy (non-hydrogen) atoms. The van der Waals surface area contributed by atoms with Crippen LogP contribution in [0.1, 0.15) is 46.0 Å². The molecule has 1 amide bonds. The fourth-order valence-corrected chi connectivity index (χ4v) is 2.51. The zero-order chi connectivity index (χ0) is 12.1. The molecule has 0 radical (unpaired) electrons. The topological polar surface area (TPSA) is 46.3 Å². The first-order valence-electron chi connectivity index (χ1n) is 6.56. The van der Waals surface area contributed by atoms with Gasteiger partial charge in [-0.05, 0) is 45.1 Å². The minimum absolute atomic E-state index is 0.223. The molecule has 1 saturated carbocycles. The molecule has 94 valence electrons. The highest BCUT2D eigenvalue weighted by molar-refractivity contribution is 5.79. The maximum Gasteiger partial charge on any atom is 0.225 e. The molecule has 0 aliphatic heterocycles. The number of hydrogen-bond donors (Lipinski definition) is 1. The fourth-order valence-electron chi connectivity index (χ4n) is 2.51. The fraction of sp³-hybridized carbons (Fsp3) is 0.923. The summed E-state index contributed by atoms with van der Waals surface area (Å²) in [4.78, 5) is 14.2. The largest absolute Gasteiger partial charge is 0.343 e. The first-order valence-corrected chi connectivity index (χ1v) is 6.56. The Morgan fingerprint density at radius 2 is 2.19 bits per heavy atom. The van der Waals surface area contributed by atoms with Gasteiger partial charge >= 0.3 is 0 Å². The van der Waals surface area contributed by atoms with E-state index < -0.39 is 0 Å². The highest BCUT2D eigenvalue weighted by Gasteiger charge is 2.29. The summed E-state index contributed by atoms with van der Waals surface area (Å²) in [6.45, 7) is 4.97. The Kier molecular flexibility index (Phi) is 5.26. The van der Waals surface area contributed by atoms with Gasteiger partial charge in [-0.2, -0.15) is 0 Å². The summed E-state index contributed by atoms with van der Waals surface area (Å²) in [6.07, 6.45) is 5.43. The van der Waals surface area contributed by atoms with Crippen LogP contribution in [-0.2, 0) is 4.79 Å². The van der Waals surface area contributed by atoms with Crippen molar-refractivity contribution in [2.75, 3.05) is 13.6 Å². The molecule has 3 heteroatoms. The van der Waals surface area contributed by atoms with Gasteiger partial charge in [0.15, 0.2) is 0 Å². The monoisotopic (exact) mass is 226 g/mol. The minimum atomic E-state index is 0.223. The summed E-state index contributed by atoms with van der Waals surface area (Å²) < 4.78 is 0. The average Bonchev–Trinajstić information content (AvgIpc) is 2.36. The van der Waals surface area contributed by atoms with Crippen LogP contribution in [0.4, 0.5) is 0 Å². The Morgan fingerprint density at radius 3 is 2.75 bits per heavy atom. The van der Waals surface area contributed by atoms with Crippen molar-refractivity contribution in [2.24, 2.45) is 17.6 Å². The predicted molar refractivity (Wildman–Crippen MR) is 67.0 cm³/mol. The van der Waals surface area contributed by atoms with Crippen molar-refractivity contribution in [1.29, 1.82) is 0 Å². The average molecular weight is 226 g/mol. The molecule has 1 aliphatic carbocycles. The van der Waals surface area contributed by atoms with Crippen LogP contribution >= 0.6 is 0 Å². The van der Waals surface area contributed by atoms with Gasteiger partial charge in [0.05, 0.1) is 0 Å². The summed E-state index contributed by atoms with van der Waals surface area (Å²) >= 11 is 0. The molecule has 0 bridgehead atoms. The summed E-state index contributed by atoms with van der Waals surface area (Å²) in [5.41, 5.74) is 5.70. The van der Waals surface area contributed by atoms with E-state index in [0.717, 1.165) is 32.2 Å². The summed E-state index contributed by atoms with van der Waals surface area (Å²) in [7, 11) is 1.93. The molecule has 0 aromatic heterocycles. The molecule has 2 N–H and O–H groups in total. The van der Waals surface area contributed by atoms with Gasteiger partial charge in [-0.1, -0.05) is 13.3 Å².